The van der Waals surface area contributed by atoms with Crippen molar-refractivity contribution in [2.75, 3.05) is 6.61 Å². The molecule has 1 amide bonds. The SMILES string of the molecule is CCCCOc1ccc(C2c3c(-c4ccc(C)cc4)n[nH]c3C(=O)N2Cc2ccc(C)cc2)cc1. The maximum absolute atomic E-state index is 13.6. The predicted molar refractivity (Wildman–Crippen MR) is 139 cm³/mol. The lowest BCUT2D eigenvalue weighted by molar-refractivity contribution is 0.0730. The van der Waals surface area contributed by atoms with Crippen LogP contribution in [0.3, 0.4) is 0 Å². The lowest BCUT2D eigenvalue weighted by atomic mass is 9.95. The average molecular weight is 466 g/mol. The Morgan fingerprint density at radius 1 is 0.914 bits per heavy atom. The van der Waals surface area contributed by atoms with Crippen molar-refractivity contribution in [3.05, 3.63) is 106 Å². The summed E-state index contributed by atoms with van der Waals surface area (Å²) >= 11 is 0. The summed E-state index contributed by atoms with van der Waals surface area (Å²) < 4.78 is 5.88. The highest BCUT2D eigenvalue weighted by atomic mass is 16.5. The van der Waals surface area contributed by atoms with Crippen LogP contribution in [0.15, 0.2) is 72.8 Å². The first-order valence-corrected chi connectivity index (χ1v) is 12.3. The summed E-state index contributed by atoms with van der Waals surface area (Å²) in [5.41, 5.74) is 7.87. The molecule has 0 spiro atoms. The monoisotopic (exact) mass is 465 g/mol. The van der Waals surface area contributed by atoms with Gasteiger partial charge in [-0.2, -0.15) is 5.10 Å². The Hall–Kier alpha value is -3.86. The molecule has 5 heteroatoms. The minimum absolute atomic E-state index is 0.0280. The minimum Gasteiger partial charge on any atom is -0.494 e. The predicted octanol–water partition coefficient (Wildman–Crippen LogP) is 6.62. The Morgan fingerprint density at radius 3 is 2.23 bits per heavy atom. The Bertz CT molecular complexity index is 1310. The van der Waals surface area contributed by atoms with Gasteiger partial charge in [-0.15, -0.1) is 0 Å². The van der Waals surface area contributed by atoms with Crippen molar-refractivity contribution in [1.29, 1.82) is 0 Å². The Morgan fingerprint density at radius 2 is 1.57 bits per heavy atom. The number of amides is 1. The third kappa shape index (κ3) is 4.59. The summed E-state index contributed by atoms with van der Waals surface area (Å²) in [6.07, 6.45) is 2.13. The van der Waals surface area contributed by atoms with E-state index in [1.165, 1.54) is 11.1 Å². The summed E-state index contributed by atoms with van der Waals surface area (Å²) in [4.78, 5) is 15.6. The molecular formula is C30H31N3O2. The molecule has 1 aliphatic rings. The molecule has 5 nitrogen and oxygen atoms in total. The van der Waals surface area contributed by atoms with Crippen LogP contribution in [0.5, 0.6) is 5.75 Å². The molecule has 2 heterocycles. The van der Waals surface area contributed by atoms with Gasteiger partial charge in [0.25, 0.3) is 5.91 Å². The number of nitrogens with zero attached hydrogens (tertiary/aromatic N) is 2. The molecule has 1 aromatic heterocycles. The van der Waals surface area contributed by atoms with Crippen molar-refractivity contribution in [1.82, 2.24) is 15.1 Å². The fourth-order valence-electron chi connectivity index (χ4n) is 4.61. The van der Waals surface area contributed by atoms with E-state index in [9.17, 15) is 4.79 Å². The number of H-pyrrole nitrogens is 1. The van der Waals surface area contributed by atoms with Gasteiger partial charge in [0, 0.05) is 17.7 Å². The van der Waals surface area contributed by atoms with E-state index in [-0.39, 0.29) is 11.9 Å². The number of aromatic nitrogens is 2. The highest BCUT2D eigenvalue weighted by Gasteiger charge is 2.42. The van der Waals surface area contributed by atoms with Crippen molar-refractivity contribution < 1.29 is 9.53 Å². The number of benzene rings is 3. The second-order valence-electron chi connectivity index (χ2n) is 9.32. The minimum atomic E-state index is -0.237. The van der Waals surface area contributed by atoms with Crippen LogP contribution in [0.25, 0.3) is 11.3 Å². The quantitative estimate of drug-likeness (QED) is 0.298. The molecule has 178 valence electrons. The Labute approximate surface area is 206 Å². The first kappa shape index (κ1) is 22.9. The molecule has 4 aromatic rings. The van der Waals surface area contributed by atoms with E-state index in [0.29, 0.717) is 18.8 Å². The number of rotatable bonds is 8. The second-order valence-corrected chi connectivity index (χ2v) is 9.32. The van der Waals surface area contributed by atoms with Gasteiger partial charge in [-0.3, -0.25) is 9.89 Å². The molecule has 0 saturated carbocycles. The standard InChI is InChI=1S/C30H31N3O2/c1-4-5-18-35-25-16-14-24(15-17-25)29-26-27(23-12-8-21(3)9-13-23)31-32-28(26)30(34)33(29)19-22-10-6-20(2)7-11-22/h6-17,29H,4-5,18-19H2,1-3H3,(H,31,32). The van der Waals surface area contributed by atoms with Crippen molar-refractivity contribution in [3.8, 4) is 17.0 Å². The number of hydrogen-bond donors (Lipinski definition) is 1. The lowest BCUT2D eigenvalue weighted by Crippen LogP contribution is -2.29. The normalized spacial score (nSPS) is 14.9. The van der Waals surface area contributed by atoms with Crippen molar-refractivity contribution in [3.63, 3.8) is 0 Å². The number of carbonyl (C=O) groups is 1. The molecule has 0 aliphatic carbocycles. The van der Waals surface area contributed by atoms with E-state index in [2.05, 4.69) is 91.6 Å². The third-order valence-electron chi connectivity index (χ3n) is 6.62. The van der Waals surface area contributed by atoms with Crippen LogP contribution in [-0.2, 0) is 6.54 Å². The smallest absolute Gasteiger partial charge is 0.273 e. The van der Waals surface area contributed by atoms with Gasteiger partial charge in [0.15, 0.2) is 0 Å². The van der Waals surface area contributed by atoms with E-state index in [1.54, 1.807) is 0 Å². The Kier molecular flexibility index (Phi) is 6.41. The zero-order valence-electron chi connectivity index (χ0n) is 20.5. The van der Waals surface area contributed by atoms with Crippen LogP contribution in [0, 0.1) is 13.8 Å². The van der Waals surface area contributed by atoms with Crippen LogP contribution in [0.2, 0.25) is 0 Å². The van der Waals surface area contributed by atoms with Crippen LogP contribution in [0.4, 0.5) is 0 Å². The van der Waals surface area contributed by atoms with Crippen LogP contribution in [0.1, 0.15) is 64.1 Å². The summed E-state index contributed by atoms with van der Waals surface area (Å²) in [6, 6.07) is 24.6. The summed E-state index contributed by atoms with van der Waals surface area (Å²) in [7, 11) is 0. The fourth-order valence-corrected chi connectivity index (χ4v) is 4.61. The van der Waals surface area contributed by atoms with Gasteiger partial charge in [-0.25, -0.2) is 0 Å². The maximum atomic E-state index is 13.6. The molecule has 0 radical (unpaired) electrons. The number of unbranched alkanes of at least 4 members (excludes halogenated alkanes) is 1. The molecule has 1 aliphatic heterocycles. The molecular weight excluding hydrogens is 434 g/mol. The summed E-state index contributed by atoms with van der Waals surface area (Å²) in [5, 5.41) is 7.64. The van der Waals surface area contributed by atoms with Gasteiger partial charge >= 0.3 is 0 Å². The first-order chi connectivity index (χ1) is 17.0. The van der Waals surface area contributed by atoms with E-state index >= 15 is 0 Å². The number of fused-ring (bicyclic) bond motifs is 1. The number of aryl methyl sites for hydroxylation is 2. The topological polar surface area (TPSA) is 58.2 Å². The van der Waals surface area contributed by atoms with Crippen LogP contribution in [-0.4, -0.2) is 27.6 Å². The summed E-state index contributed by atoms with van der Waals surface area (Å²) in [6.45, 7) is 7.52. The molecule has 1 N–H and O–H groups in total. The molecule has 0 bridgehead atoms. The van der Waals surface area contributed by atoms with Gasteiger partial charge in [-0.05, 0) is 43.5 Å². The number of aromatic amines is 1. The molecule has 3 aromatic carbocycles. The van der Waals surface area contributed by atoms with E-state index in [4.69, 9.17) is 4.74 Å². The molecule has 0 fully saturated rings. The van der Waals surface area contributed by atoms with Crippen LogP contribution < -0.4 is 4.74 Å². The highest BCUT2D eigenvalue weighted by Crippen LogP contribution is 2.43. The lowest BCUT2D eigenvalue weighted by Gasteiger charge is -2.27. The zero-order chi connectivity index (χ0) is 24.4. The van der Waals surface area contributed by atoms with E-state index < -0.39 is 0 Å². The zero-order valence-corrected chi connectivity index (χ0v) is 20.5. The number of nitrogens with one attached hydrogen (secondary N) is 1. The number of ether oxygens (including phenoxy) is 1. The average Bonchev–Trinajstić information content (AvgIpc) is 3.41. The van der Waals surface area contributed by atoms with Crippen molar-refractivity contribution in [2.45, 2.75) is 46.2 Å². The second kappa shape index (κ2) is 9.79. The Balaban J connectivity index is 1.55. The van der Waals surface area contributed by atoms with Gasteiger partial charge in [-0.1, -0.05) is 85.1 Å². The molecule has 5 rings (SSSR count). The van der Waals surface area contributed by atoms with Crippen LogP contribution >= 0.6 is 0 Å². The largest absolute Gasteiger partial charge is 0.494 e. The highest BCUT2D eigenvalue weighted by molar-refractivity contribution is 6.00. The van der Waals surface area contributed by atoms with Gasteiger partial charge in [0.2, 0.25) is 0 Å². The van der Waals surface area contributed by atoms with Gasteiger partial charge < -0.3 is 9.64 Å². The number of hydrogen-bond acceptors (Lipinski definition) is 3. The van der Waals surface area contributed by atoms with Crippen molar-refractivity contribution >= 4 is 5.91 Å². The molecule has 35 heavy (non-hydrogen) atoms. The van der Waals surface area contributed by atoms with Gasteiger partial charge in [0.05, 0.1) is 18.3 Å². The third-order valence-corrected chi connectivity index (χ3v) is 6.62. The summed E-state index contributed by atoms with van der Waals surface area (Å²) in [5.74, 6) is 0.822. The molecule has 1 unspecified atom stereocenters. The molecule has 0 saturated heterocycles. The maximum Gasteiger partial charge on any atom is 0.273 e. The van der Waals surface area contributed by atoms with Gasteiger partial charge in [0.1, 0.15) is 11.4 Å². The first-order valence-electron chi connectivity index (χ1n) is 12.3. The molecule has 1 atom stereocenters. The van der Waals surface area contributed by atoms with E-state index in [0.717, 1.165) is 46.5 Å². The van der Waals surface area contributed by atoms with Crippen molar-refractivity contribution in [2.24, 2.45) is 0 Å². The van der Waals surface area contributed by atoms with E-state index in [1.807, 2.05) is 17.0 Å². The number of carbonyl (C=O) groups excluding carboxylic acids is 1. The fraction of sp³-hybridized carbons (Fsp3) is 0.267.